The summed E-state index contributed by atoms with van der Waals surface area (Å²) >= 11 is 0. The van der Waals surface area contributed by atoms with E-state index in [1.54, 1.807) is 32.0 Å². The van der Waals surface area contributed by atoms with Gasteiger partial charge in [0.05, 0.1) is 22.5 Å². The summed E-state index contributed by atoms with van der Waals surface area (Å²) in [6, 6.07) is 4.99. The Morgan fingerprint density at radius 3 is 2.81 bits per heavy atom. The molecule has 26 heavy (non-hydrogen) atoms. The number of aromatic nitrogens is 2. The fraction of sp³-hybridized carbons (Fsp3) is 0.471. The van der Waals surface area contributed by atoms with Gasteiger partial charge in [-0.25, -0.2) is 4.63 Å². The maximum Gasteiger partial charge on any atom is 0.310 e. The third-order valence-electron chi connectivity index (χ3n) is 5.06. The minimum Gasteiger partial charge on any atom is -0.481 e. The summed E-state index contributed by atoms with van der Waals surface area (Å²) in [4.78, 5) is 23.5. The van der Waals surface area contributed by atoms with Gasteiger partial charge in [-0.2, -0.15) is 0 Å². The summed E-state index contributed by atoms with van der Waals surface area (Å²) in [6.45, 7) is 5.35. The molecule has 0 amide bonds. The van der Waals surface area contributed by atoms with Gasteiger partial charge in [0, 0.05) is 5.54 Å². The quantitative estimate of drug-likeness (QED) is 0.614. The van der Waals surface area contributed by atoms with E-state index in [1.807, 2.05) is 6.92 Å². The highest BCUT2D eigenvalue weighted by atomic mass is 16.6. The lowest BCUT2D eigenvalue weighted by atomic mass is 9.67. The van der Waals surface area contributed by atoms with Crippen molar-refractivity contribution in [2.45, 2.75) is 45.1 Å². The second-order valence-corrected chi connectivity index (χ2v) is 6.83. The first-order valence-corrected chi connectivity index (χ1v) is 8.37. The minimum atomic E-state index is -1.10. The van der Waals surface area contributed by atoms with Gasteiger partial charge >= 0.3 is 5.97 Å². The third kappa shape index (κ3) is 2.69. The maximum absolute atomic E-state index is 12.2. The number of hydrogen-bond donors (Lipinski definition) is 2. The molecule has 3 rings (SSSR count). The van der Waals surface area contributed by atoms with E-state index in [2.05, 4.69) is 15.6 Å². The number of nitrogens with zero attached hydrogens (tertiary/aromatic N) is 3. The van der Waals surface area contributed by atoms with Gasteiger partial charge in [-0.15, -0.1) is 0 Å². The van der Waals surface area contributed by atoms with Gasteiger partial charge in [0.25, 0.3) is 5.70 Å². The smallest absolute Gasteiger partial charge is 0.310 e. The van der Waals surface area contributed by atoms with Gasteiger partial charge in [-0.1, -0.05) is 25.5 Å². The van der Waals surface area contributed by atoms with Crippen molar-refractivity contribution < 1.29 is 19.5 Å². The average Bonchev–Trinajstić information content (AvgIpc) is 3.01. The van der Waals surface area contributed by atoms with Gasteiger partial charge in [0.2, 0.25) is 0 Å². The molecule has 9 heteroatoms. The molecular formula is C17H20N4O5. The zero-order valence-electron chi connectivity index (χ0n) is 14.7. The Hall–Kier alpha value is -2.97. The molecule has 0 saturated carbocycles. The number of carbonyl (C=O) groups is 1. The SMILES string of the molecule is CCCC1(C)NC(C)=C([N+](=O)[O-])C(c2cccc3nonc23)C1C(=O)O. The molecule has 0 radical (unpaired) electrons. The average molecular weight is 360 g/mol. The van der Waals surface area contributed by atoms with Crippen molar-refractivity contribution in [1.29, 1.82) is 0 Å². The molecule has 3 atom stereocenters. The van der Waals surface area contributed by atoms with Crippen LogP contribution in [0.3, 0.4) is 0 Å². The highest BCUT2D eigenvalue weighted by Gasteiger charge is 2.54. The van der Waals surface area contributed by atoms with Crippen LogP contribution in [0.2, 0.25) is 0 Å². The molecule has 1 aromatic carbocycles. The Morgan fingerprint density at radius 2 is 2.19 bits per heavy atom. The van der Waals surface area contributed by atoms with E-state index in [-0.39, 0.29) is 5.70 Å². The zero-order chi connectivity index (χ0) is 19.1. The number of nitro groups is 1. The van der Waals surface area contributed by atoms with Crippen molar-refractivity contribution in [3.63, 3.8) is 0 Å². The van der Waals surface area contributed by atoms with Crippen LogP contribution in [-0.4, -0.2) is 31.9 Å². The molecule has 1 aromatic heterocycles. The molecule has 0 bridgehead atoms. The zero-order valence-corrected chi connectivity index (χ0v) is 14.7. The van der Waals surface area contributed by atoms with E-state index in [4.69, 9.17) is 4.63 Å². The maximum atomic E-state index is 12.2. The number of hydrogen-bond acceptors (Lipinski definition) is 7. The van der Waals surface area contributed by atoms with Crippen molar-refractivity contribution in [1.82, 2.24) is 15.6 Å². The van der Waals surface area contributed by atoms with Crippen LogP contribution in [0, 0.1) is 16.0 Å². The molecule has 2 aromatic rings. The number of carboxylic acids is 1. The van der Waals surface area contributed by atoms with Crippen LogP contribution in [0.25, 0.3) is 11.0 Å². The van der Waals surface area contributed by atoms with Crippen LogP contribution >= 0.6 is 0 Å². The van der Waals surface area contributed by atoms with Crippen LogP contribution in [-0.2, 0) is 4.79 Å². The molecule has 138 valence electrons. The summed E-state index contributed by atoms with van der Waals surface area (Å²) in [5, 5.41) is 32.5. The molecule has 0 aliphatic carbocycles. The first-order chi connectivity index (χ1) is 12.3. The summed E-state index contributed by atoms with van der Waals surface area (Å²) in [5.74, 6) is -3.12. The number of nitrogens with one attached hydrogen (secondary N) is 1. The number of allylic oxidation sites excluding steroid dienone is 2. The summed E-state index contributed by atoms with van der Waals surface area (Å²) in [5.41, 5.74) is 0.572. The first-order valence-electron chi connectivity index (χ1n) is 8.37. The van der Waals surface area contributed by atoms with Crippen molar-refractivity contribution in [2.24, 2.45) is 5.92 Å². The summed E-state index contributed by atoms with van der Waals surface area (Å²) < 4.78 is 4.77. The predicted molar refractivity (Wildman–Crippen MR) is 91.8 cm³/mol. The molecule has 0 fully saturated rings. The number of benzene rings is 1. The summed E-state index contributed by atoms with van der Waals surface area (Å²) in [6.07, 6.45) is 1.28. The van der Waals surface area contributed by atoms with Crippen LogP contribution in [0.5, 0.6) is 0 Å². The van der Waals surface area contributed by atoms with Crippen LogP contribution < -0.4 is 5.32 Å². The van der Waals surface area contributed by atoms with Gasteiger partial charge in [-0.3, -0.25) is 14.9 Å². The Bertz CT molecular complexity index is 905. The molecule has 1 aliphatic heterocycles. The Kier molecular flexibility index (Phi) is 4.39. The minimum absolute atomic E-state index is 0.165. The molecule has 0 spiro atoms. The van der Waals surface area contributed by atoms with Crippen LogP contribution in [0.1, 0.15) is 45.1 Å². The van der Waals surface area contributed by atoms with E-state index in [0.717, 1.165) is 6.42 Å². The lowest BCUT2D eigenvalue weighted by Gasteiger charge is -2.44. The normalized spacial score (nSPS) is 26.0. The Labute approximate surface area is 149 Å². The fourth-order valence-electron chi connectivity index (χ4n) is 4.14. The standard InChI is InChI=1S/C17H20N4O5/c1-4-8-17(3)13(16(22)23)12(15(21(24)25)9(2)18-17)10-6-5-7-11-14(10)20-26-19-11/h5-7,12-13,18H,4,8H2,1-3H3,(H,22,23). The molecule has 2 heterocycles. The van der Waals surface area contributed by atoms with E-state index < -0.39 is 28.3 Å². The number of carboxylic acid groups (broad SMARTS) is 1. The van der Waals surface area contributed by atoms with Crippen molar-refractivity contribution in [3.05, 3.63) is 45.3 Å². The summed E-state index contributed by atoms with van der Waals surface area (Å²) in [7, 11) is 0. The van der Waals surface area contributed by atoms with Gasteiger partial charge in [0.1, 0.15) is 11.0 Å². The Morgan fingerprint density at radius 1 is 1.46 bits per heavy atom. The number of aliphatic carboxylic acids is 1. The van der Waals surface area contributed by atoms with Crippen molar-refractivity contribution in [3.8, 4) is 0 Å². The largest absolute Gasteiger partial charge is 0.481 e. The second kappa shape index (κ2) is 6.40. The second-order valence-electron chi connectivity index (χ2n) is 6.83. The lowest BCUT2D eigenvalue weighted by Crippen LogP contribution is -2.57. The van der Waals surface area contributed by atoms with Crippen LogP contribution in [0.4, 0.5) is 0 Å². The number of rotatable bonds is 5. The van der Waals surface area contributed by atoms with E-state index in [0.29, 0.717) is 28.7 Å². The van der Waals surface area contributed by atoms with E-state index in [1.165, 1.54) is 0 Å². The topological polar surface area (TPSA) is 131 Å². The number of fused-ring (bicyclic) bond motifs is 1. The van der Waals surface area contributed by atoms with Crippen molar-refractivity contribution in [2.75, 3.05) is 0 Å². The monoisotopic (exact) mass is 360 g/mol. The molecule has 3 unspecified atom stereocenters. The first kappa shape index (κ1) is 17.8. The lowest BCUT2D eigenvalue weighted by molar-refractivity contribution is -0.434. The van der Waals surface area contributed by atoms with E-state index in [9.17, 15) is 20.0 Å². The Balaban J connectivity index is 2.31. The third-order valence-corrected chi connectivity index (χ3v) is 5.06. The van der Waals surface area contributed by atoms with Crippen molar-refractivity contribution >= 4 is 17.0 Å². The predicted octanol–water partition coefficient (Wildman–Crippen LogP) is 2.68. The van der Waals surface area contributed by atoms with Crippen LogP contribution in [0.15, 0.2) is 34.2 Å². The fourth-order valence-corrected chi connectivity index (χ4v) is 4.14. The van der Waals surface area contributed by atoms with Gasteiger partial charge < -0.3 is 10.4 Å². The highest BCUT2D eigenvalue weighted by molar-refractivity contribution is 5.81. The highest BCUT2D eigenvalue weighted by Crippen LogP contribution is 2.46. The van der Waals surface area contributed by atoms with E-state index >= 15 is 0 Å². The molecule has 9 nitrogen and oxygen atoms in total. The molecule has 0 saturated heterocycles. The van der Waals surface area contributed by atoms with Gasteiger partial charge in [-0.05, 0) is 42.2 Å². The molecule has 1 aliphatic rings. The van der Waals surface area contributed by atoms with Gasteiger partial charge in [0.15, 0.2) is 0 Å². The molecular weight excluding hydrogens is 340 g/mol. The molecule has 2 N–H and O–H groups in total.